The molecule has 132 valence electrons. The van der Waals surface area contributed by atoms with Crippen LogP contribution in [0.3, 0.4) is 0 Å². The minimum Gasteiger partial charge on any atom is -0.385 e. The summed E-state index contributed by atoms with van der Waals surface area (Å²) in [6.07, 6.45) is 12.4. The Labute approximate surface area is 151 Å². The van der Waals surface area contributed by atoms with Crippen molar-refractivity contribution in [1.29, 1.82) is 0 Å². The molecule has 0 atom stereocenters. The summed E-state index contributed by atoms with van der Waals surface area (Å²) >= 11 is 6.55. The third kappa shape index (κ3) is 5.77. The maximum absolute atomic E-state index is 6.55. The molecule has 1 aromatic rings. The Kier molecular flexibility index (Phi) is 8.58. The lowest BCUT2D eigenvalue weighted by Gasteiger charge is -2.17. The second-order valence-electron chi connectivity index (χ2n) is 6.42. The van der Waals surface area contributed by atoms with Crippen LogP contribution in [0.4, 0.5) is 0 Å². The van der Waals surface area contributed by atoms with Crippen molar-refractivity contribution in [2.45, 2.75) is 44.9 Å². The average Bonchev–Trinajstić information content (AvgIpc) is 2.60. The predicted octanol–water partition coefficient (Wildman–Crippen LogP) is 5.41. The summed E-state index contributed by atoms with van der Waals surface area (Å²) in [5.41, 5.74) is 5.41. The van der Waals surface area contributed by atoms with Crippen LogP contribution in [-0.4, -0.2) is 27.3 Å². The second-order valence-corrected chi connectivity index (χ2v) is 6.83. The topological polar surface area (TPSA) is 21.3 Å². The Hall–Kier alpha value is -1.09. The fourth-order valence-corrected chi connectivity index (χ4v) is 3.51. The molecule has 1 aromatic carbocycles. The number of hydrogen-bond donors (Lipinski definition) is 1. The van der Waals surface area contributed by atoms with Crippen molar-refractivity contribution >= 4 is 17.2 Å². The molecule has 0 spiro atoms. The molecule has 2 rings (SSSR count). The third-order valence-electron chi connectivity index (χ3n) is 4.59. The van der Waals surface area contributed by atoms with Gasteiger partial charge in [0.2, 0.25) is 0 Å². The number of unbranched alkanes of at least 4 members (excludes halogenated alkanes) is 1. The van der Waals surface area contributed by atoms with Gasteiger partial charge in [0.05, 0.1) is 0 Å². The van der Waals surface area contributed by atoms with E-state index >= 15 is 0 Å². The minimum atomic E-state index is 0.826. The molecule has 1 N–H and O–H groups in total. The van der Waals surface area contributed by atoms with Crippen molar-refractivity contribution < 1.29 is 4.74 Å². The zero-order valence-corrected chi connectivity index (χ0v) is 15.8. The van der Waals surface area contributed by atoms with Gasteiger partial charge >= 0.3 is 0 Å². The van der Waals surface area contributed by atoms with E-state index in [0.29, 0.717) is 0 Å². The normalized spacial score (nSPS) is 14.5. The van der Waals surface area contributed by atoms with Gasteiger partial charge in [-0.1, -0.05) is 41.5 Å². The molecule has 0 saturated heterocycles. The van der Waals surface area contributed by atoms with Crippen LogP contribution in [-0.2, 0) is 11.2 Å². The molecule has 0 saturated carbocycles. The number of rotatable bonds is 10. The highest BCUT2D eigenvalue weighted by atomic mass is 35.5. The number of hydrogen-bond acceptors (Lipinski definition) is 2. The molecule has 24 heavy (non-hydrogen) atoms. The number of nitrogens with one attached hydrogen (secondary N) is 1. The van der Waals surface area contributed by atoms with Crippen LogP contribution in [0.5, 0.6) is 0 Å². The van der Waals surface area contributed by atoms with Gasteiger partial charge in [0.1, 0.15) is 0 Å². The predicted molar refractivity (Wildman–Crippen MR) is 105 cm³/mol. The van der Waals surface area contributed by atoms with Gasteiger partial charge in [-0.15, -0.1) is 0 Å². The first-order chi connectivity index (χ1) is 11.8. The standard InChI is InChI=1S/C21H30ClNO/c1-23-14-6-5-9-18-12-13-19(16-21(18)22)20-11-4-3-8-17(20)10-7-15-24-2/h4,11-13,16,23H,3,5-10,14-15H2,1-2H3. The highest BCUT2D eigenvalue weighted by Crippen LogP contribution is 2.32. The molecule has 2 nitrogen and oxygen atoms in total. The number of benzene rings is 1. The fourth-order valence-electron chi connectivity index (χ4n) is 3.24. The fraction of sp³-hybridized carbons (Fsp3) is 0.524. The number of methoxy groups -OCH3 is 1. The van der Waals surface area contributed by atoms with E-state index in [1.54, 1.807) is 7.11 Å². The van der Waals surface area contributed by atoms with Crippen molar-refractivity contribution in [2.24, 2.45) is 0 Å². The monoisotopic (exact) mass is 347 g/mol. The Morgan fingerprint density at radius 2 is 2.04 bits per heavy atom. The largest absolute Gasteiger partial charge is 0.385 e. The van der Waals surface area contributed by atoms with Gasteiger partial charge in [0.15, 0.2) is 0 Å². The molecule has 0 fully saturated rings. The Bertz CT molecular complexity index is 577. The van der Waals surface area contributed by atoms with Gasteiger partial charge in [-0.05, 0) is 81.3 Å². The lowest BCUT2D eigenvalue weighted by Crippen LogP contribution is -2.07. The Morgan fingerprint density at radius 3 is 2.79 bits per heavy atom. The number of allylic oxidation sites excluding steroid dienone is 4. The Balaban J connectivity index is 2.09. The lowest BCUT2D eigenvalue weighted by atomic mass is 9.89. The number of ether oxygens (including phenoxy) is 1. The Morgan fingerprint density at radius 1 is 1.17 bits per heavy atom. The molecule has 0 heterocycles. The van der Waals surface area contributed by atoms with E-state index in [1.165, 1.54) is 35.1 Å². The molecular formula is C21H30ClNO. The second kappa shape index (κ2) is 10.7. The van der Waals surface area contributed by atoms with Crippen LogP contribution in [0.2, 0.25) is 5.02 Å². The summed E-state index contributed by atoms with van der Waals surface area (Å²) in [7, 11) is 3.77. The van der Waals surface area contributed by atoms with Gasteiger partial charge in [0, 0.05) is 18.7 Å². The third-order valence-corrected chi connectivity index (χ3v) is 4.94. The molecule has 0 amide bonds. The van der Waals surface area contributed by atoms with Gasteiger partial charge < -0.3 is 10.1 Å². The molecule has 1 aliphatic carbocycles. The van der Waals surface area contributed by atoms with Crippen molar-refractivity contribution in [3.63, 3.8) is 0 Å². The molecule has 1 aliphatic rings. The molecule has 0 aromatic heterocycles. The quantitative estimate of drug-likeness (QED) is 0.571. The highest BCUT2D eigenvalue weighted by Gasteiger charge is 2.12. The molecular weight excluding hydrogens is 318 g/mol. The van der Waals surface area contributed by atoms with Gasteiger partial charge in [0.25, 0.3) is 0 Å². The zero-order valence-electron chi connectivity index (χ0n) is 15.0. The summed E-state index contributed by atoms with van der Waals surface area (Å²) < 4.78 is 5.20. The van der Waals surface area contributed by atoms with Crippen molar-refractivity contribution in [3.8, 4) is 0 Å². The minimum absolute atomic E-state index is 0.826. The SMILES string of the molecule is CNCCCCc1ccc(C2=C(CCCOC)CCC=C2)cc1Cl. The molecule has 0 bridgehead atoms. The summed E-state index contributed by atoms with van der Waals surface area (Å²) in [4.78, 5) is 0. The summed E-state index contributed by atoms with van der Waals surface area (Å²) in [5.74, 6) is 0. The van der Waals surface area contributed by atoms with E-state index in [4.69, 9.17) is 16.3 Å². The van der Waals surface area contributed by atoms with E-state index in [-0.39, 0.29) is 0 Å². The maximum atomic E-state index is 6.55. The van der Waals surface area contributed by atoms with Crippen LogP contribution in [0.25, 0.3) is 5.57 Å². The van der Waals surface area contributed by atoms with Crippen LogP contribution < -0.4 is 5.32 Å². The van der Waals surface area contributed by atoms with Crippen LogP contribution in [0.15, 0.2) is 35.9 Å². The van der Waals surface area contributed by atoms with E-state index < -0.39 is 0 Å². The summed E-state index contributed by atoms with van der Waals surface area (Å²) in [6, 6.07) is 6.59. The van der Waals surface area contributed by atoms with Crippen LogP contribution >= 0.6 is 11.6 Å². The van der Waals surface area contributed by atoms with Gasteiger partial charge in [-0.25, -0.2) is 0 Å². The summed E-state index contributed by atoms with van der Waals surface area (Å²) in [6.45, 7) is 1.89. The van der Waals surface area contributed by atoms with E-state index in [0.717, 1.165) is 50.3 Å². The van der Waals surface area contributed by atoms with Crippen LogP contribution in [0.1, 0.15) is 49.7 Å². The first-order valence-corrected chi connectivity index (χ1v) is 9.45. The average molecular weight is 348 g/mol. The molecule has 0 unspecified atom stereocenters. The van der Waals surface area contributed by atoms with E-state index in [1.807, 2.05) is 7.05 Å². The van der Waals surface area contributed by atoms with E-state index in [9.17, 15) is 0 Å². The first-order valence-electron chi connectivity index (χ1n) is 9.07. The van der Waals surface area contributed by atoms with E-state index in [2.05, 4.69) is 35.7 Å². The van der Waals surface area contributed by atoms with Crippen molar-refractivity contribution in [3.05, 3.63) is 52.1 Å². The molecule has 0 radical (unpaired) electrons. The van der Waals surface area contributed by atoms with Gasteiger partial charge in [-0.3, -0.25) is 0 Å². The molecule has 0 aliphatic heterocycles. The van der Waals surface area contributed by atoms with Crippen LogP contribution in [0, 0.1) is 0 Å². The first kappa shape index (κ1) is 19.2. The van der Waals surface area contributed by atoms with Crippen molar-refractivity contribution in [2.75, 3.05) is 27.3 Å². The number of halogens is 1. The highest BCUT2D eigenvalue weighted by molar-refractivity contribution is 6.31. The van der Waals surface area contributed by atoms with Crippen molar-refractivity contribution in [1.82, 2.24) is 5.32 Å². The maximum Gasteiger partial charge on any atom is 0.0465 e. The van der Waals surface area contributed by atoms with Gasteiger partial charge in [-0.2, -0.15) is 0 Å². The summed E-state index contributed by atoms with van der Waals surface area (Å²) in [5, 5.41) is 4.09. The lowest BCUT2D eigenvalue weighted by molar-refractivity contribution is 0.195. The molecule has 3 heteroatoms. The zero-order chi connectivity index (χ0) is 17.2. The smallest absolute Gasteiger partial charge is 0.0465 e. The number of aryl methyl sites for hydroxylation is 1.